The molecule has 102 valence electrons. The first-order valence-corrected chi connectivity index (χ1v) is 6.83. The van der Waals surface area contributed by atoms with E-state index in [0.29, 0.717) is 5.56 Å². The van der Waals surface area contributed by atoms with Crippen LogP contribution in [-0.4, -0.2) is 19.5 Å². The lowest BCUT2D eigenvalue weighted by atomic mass is 10.2. The molecule has 0 radical (unpaired) electrons. The van der Waals surface area contributed by atoms with Crippen molar-refractivity contribution in [1.29, 1.82) is 0 Å². The highest BCUT2D eigenvalue weighted by Crippen LogP contribution is 2.19. The topological polar surface area (TPSA) is 96.6 Å². The number of carboxylic acid groups (broad SMARTS) is 1. The van der Waals surface area contributed by atoms with Crippen LogP contribution in [0.25, 0.3) is 0 Å². The van der Waals surface area contributed by atoms with Crippen molar-refractivity contribution in [1.82, 2.24) is 0 Å². The highest BCUT2D eigenvalue weighted by molar-refractivity contribution is 7.92. The number of aromatic carboxylic acids is 1. The van der Waals surface area contributed by atoms with E-state index in [-0.39, 0.29) is 5.69 Å². The van der Waals surface area contributed by atoms with Gasteiger partial charge in [0.05, 0.1) is 5.69 Å². The zero-order chi connectivity index (χ0) is 14.8. The number of furan rings is 1. The molecule has 2 N–H and O–H groups in total. The number of rotatable bonds is 4. The summed E-state index contributed by atoms with van der Waals surface area (Å²) in [6.45, 7) is 0. The molecule has 0 aliphatic heterocycles. The molecule has 0 saturated heterocycles. The Morgan fingerprint density at radius 2 is 2.05 bits per heavy atom. The number of anilines is 1. The smallest absolute Gasteiger partial charge is 0.371 e. The van der Waals surface area contributed by atoms with Gasteiger partial charge >= 0.3 is 5.97 Å². The molecule has 1 heterocycles. The molecular weight excluding hydrogens is 282 g/mol. The van der Waals surface area contributed by atoms with Gasteiger partial charge in [-0.05, 0) is 30.3 Å². The lowest BCUT2D eigenvalue weighted by molar-refractivity contribution is 0.0656. The minimum Gasteiger partial charge on any atom is -0.475 e. The Balaban J connectivity index is 2.30. The fourth-order valence-electron chi connectivity index (χ4n) is 1.46. The molecule has 1 aromatic carbocycles. The number of carbonyl (C=O) groups is 1. The van der Waals surface area contributed by atoms with Crippen LogP contribution in [0.5, 0.6) is 0 Å². The summed E-state index contributed by atoms with van der Waals surface area (Å²) in [4.78, 5) is 10.7. The molecule has 2 aromatic rings. The predicted molar refractivity (Wildman–Crippen MR) is 70.9 cm³/mol. The Hall–Kier alpha value is -2.72. The van der Waals surface area contributed by atoms with E-state index in [0.717, 1.165) is 12.1 Å². The van der Waals surface area contributed by atoms with E-state index < -0.39 is 26.8 Å². The van der Waals surface area contributed by atoms with E-state index in [2.05, 4.69) is 10.6 Å². The Morgan fingerprint density at radius 3 is 2.65 bits per heavy atom. The zero-order valence-corrected chi connectivity index (χ0v) is 10.8. The third-order valence-electron chi connectivity index (χ3n) is 2.34. The van der Waals surface area contributed by atoms with Crippen molar-refractivity contribution >= 4 is 21.7 Å². The summed E-state index contributed by atoms with van der Waals surface area (Å²) >= 11 is 0. The molecule has 2 rings (SSSR count). The molecular formula is C13H9NO5S. The van der Waals surface area contributed by atoms with Crippen LogP contribution < -0.4 is 4.72 Å². The largest absolute Gasteiger partial charge is 0.475 e. The Kier molecular flexibility index (Phi) is 3.50. The van der Waals surface area contributed by atoms with Crippen LogP contribution >= 0.6 is 0 Å². The fourth-order valence-corrected chi connectivity index (χ4v) is 2.44. The van der Waals surface area contributed by atoms with Gasteiger partial charge in [0.1, 0.15) is 0 Å². The van der Waals surface area contributed by atoms with Gasteiger partial charge in [-0.3, -0.25) is 4.72 Å². The van der Waals surface area contributed by atoms with Crippen molar-refractivity contribution in [3.63, 3.8) is 0 Å². The van der Waals surface area contributed by atoms with Crippen molar-refractivity contribution < 1.29 is 22.7 Å². The van der Waals surface area contributed by atoms with Crippen molar-refractivity contribution in [3.8, 4) is 12.3 Å². The van der Waals surface area contributed by atoms with E-state index in [1.807, 2.05) is 0 Å². The minimum absolute atomic E-state index is 0.258. The summed E-state index contributed by atoms with van der Waals surface area (Å²) in [5.74, 6) is 0.574. The van der Waals surface area contributed by atoms with Crippen LogP contribution in [0.2, 0.25) is 0 Å². The van der Waals surface area contributed by atoms with Gasteiger partial charge in [-0.25, -0.2) is 4.79 Å². The lowest BCUT2D eigenvalue weighted by Crippen LogP contribution is -2.12. The Bertz CT molecular complexity index is 798. The Labute approximate surface area is 115 Å². The SMILES string of the molecule is C#Cc1cccc(NS(=O)(=O)c2ccc(C(=O)O)o2)c1. The van der Waals surface area contributed by atoms with E-state index in [1.165, 1.54) is 12.1 Å². The van der Waals surface area contributed by atoms with Crippen LogP contribution in [0.4, 0.5) is 5.69 Å². The molecule has 6 nitrogen and oxygen atoms in total. The van der Waals surface area contributed by atoms with Gasteiger partial charge < -0.3 is 9.52 Å². The number of terminal acetylenes is 1. The molecule has 1 aromatic heterocycles. The Morgan fingerprint density at radius 1 is 1.30 bits per heavy atom. The van der Waals surface area contributed by atoms with E-state index in [1.54, 1.807) is 12.1 Å². The second-order valence-electron chi connectivity index (χ2n) is 3.75. The summed E-state index contributed by atoms with van der Waals surface area (Å²) < 4.78 is 31.0. The molecule has 0 amide bonds. The van der Waals surface area contributed by atoms with Gasteiger partial charge in [-0.15, -0.1) is 6.42 Å². The fraction of sp³-hybridized carbons (Fsp3) is 0. The molecule has 0 unspecified atom stereocenters. The van der Waals surface area contributed by atoms with Gasteiger partial charge in [0.15, 0.2) is 0 Å². The normalized spacial score (nSPS) is 10.8. The number of nitrogens with one attached hydrogen (secondary N) is 1. The van der Waals surface area contributed by atoms with Crippen LogP contribution in [0.15, 0.2) is 45.9 Å². The third-order valence-corrected chi connectivity index (χ3v) is 3.59. The molecule has 0 saturated carbocycles. The van der Waals surface area contributed by atoms with Crippen molar-refractivity contribution in [2.24, 2.45) is 0 Å². The summed E-state index contributed by atoms with van der Waals surface area (Å²) in [6, 6.07) is 8.36. The molecule has 0 fully saturated rings. The van der Waals surface area contributed by atoms with Crippen LogP contribution in [0.1, 0.15) is 16.1 Å². The molecule has 0 aliphatic rings. The van der Waals surface area contributed by atoms with Gasteiger partial charge in [-0.1, -0.05) is 12.0 Å². The second kappa shape index (κ2) is 5.11. The van der Waals surface area contributed by atoms with Crippen LogP contribution in [0.3, 0.4) is 0 Å². The molecule has 20 heavy (non-hydrogen) atoms. The average Bonchev–Trinajstić information content (AvgIpc) is 2.89. The first kappa shape index (κ1) is 13.7. The van der Waals surface area contributed by atoms with Crippen molar-refractivity contribution in [3.05, 3.63) is 47.7 Å². The highest BCUT2D eigenvalue weighted by Gasteiger charge is 2.21. The second-order valence-corrected chi connectivity index (χ2v) is 5.37. The predicted octanol–water partition coefficient (Wildman–Crippen LogP) is 1.76. The standard InChI is InChI=1S/C13H9NO5S/c1-2-9-4-3-5-10(8-9)14-20(17,18)12-7-6-11(19-12)13(15)16/h1,3-8,14H,(H,15,16). The summed E-state index contributed by atoms with van der Waals surface area (Å²) in [6.07, 6.45) is 5.22. The monoisotopic (exact) mass is 291 g/mol. The highest BCUT2D eigenvalue weighted by atomic mass is 32.2. The lowest BCUT2D eigenvalue weighted by Gasteiger charge is -2.05. The van der Waals surface area contributed by atoms with Crippen molar-refractivity contribution in [2.75, 3.05) is 4.72 Å². The molecule has 0 atom stereocenters. The molecule has 7 heteroatoms. The van der Waals surface area contributed by atoms with E-state index >= 15 is 0 Å². The maximum Gasteiger partial charge on any atom is 0.371 e. The van der Waals surface area contributed by atoms with Crippen LogP contribution in [-0.2, 0) is 10.0 Å². The maximum absolute atomic E-state index is 12.0. The first-order chi connectivity index (χ1) is 9.42. The molecule has 0 aliphatic carbocycles. The summed E-state index contributed by atoms with van der Waals surface area (Å²) in [7, 11) is -4.00. The summed E-state index contributed by atoms with van der Waals surface area (Å²) in [5.41, 5.74) is 0.768. The van der Waals surface area contributed by atoms with E-state index in [4.69, 9.17) is 15.9 Å². The number of benzene rings is 1. The maximum atomic E-state index is 12.0. The van der Waals surface area contributed by atoms with Crippen LogP contribution in [0, 0.1) is 12.3 Å². The molecule has 0 spiro atoms. The third kappa shape index (κ3) is 2.81. The number of sulfonamides is 1. The molecule has 0 bridgehead atoms. The minimum atomic E-state index is -4.00. The van der Waals surface area contributed by atoms with Gasteiger partial charge in [0, 0.05) is 5.56 Å². The van der Waals surface area contributed by atoms with Gasteiger partial charge in [-0.2, -0.15) is 8.42 Å². The zero-order valence-electron chi connectivity index (χ0n) is 10.0. The van der Waals surface area contributed by atoms with Gasteiger partial charge in [0.25, 0.3) is 10.0 Å². The first-order valence-electron chi connectivity index (χ1n) is 5.35. The van der Waals surface area contributed by atoms with Crippen molar-refractivity contribution in [2.45, 2.75) is 5.09 Å². The van der Waals surface area contributed by atoms with Gasteiger partial charge in [0.2, 0.25) is 10.9 Å². The number of hydrogen-bond donors (Lipinski definition) is 2. The quantitative estimate of drug-likeness (QED) is 0.837. The number of hydrogen-bond acceptors (Lipinski definition) is 4. The average molecular weight is 291 g/mol. The van der Waals surface area contributed by atoms with E-state index in [9.17, 15) is 13.2 Å². The summed E-state index contributed by atoms with van der Waals surface area (Å²) in [5, 5.41) is 8.21. The number of carboxylic acids is 1.